The Labute approximate surface area is 306 Å². The smallest absolute Gasteiger partial charge is 0.126 e. The van der Waals surface area contributed by atoms with Crippen molar-refractivity contribution >= 4 is 0 Å². The fourth-order valence-electron chi connectivity index (χ4n) is 7.93. The highest BCUT2D eigenvalue weighted by molar-refractivity contribution is 5.87. The summed E-state index contributed by atoms with van der Waals surface area (Å²) in [6.07, 6.45) is 0.341. The van der Waals surface area contributed by atoms with E-state index in [9.17, 15) is 0 Å². The van der Waals surface area contributed by atoms with Gasteiger partial charge in [-0.3, -0.25) is 0 Å². The summed E-state index contributed by atoms with van der Waals surface area (Å²) in [5.41, 5.74) is 11.3. The van der Waals surface area contributed by atoms with Gasteiger partial charge in [0.1, 0.15) is 36.9 Å². The number of benzene rings is 4. The maximum absolute atomic E-state index is 6.78. The zero-order valence-electron chi connectivity index (χ0n) is 33.0. The Kier molecular flexibility index (Phi) is 8.59. The SMILES string of the molecule is CC(C)(C)c1cc(C2(c3cc(C(C)(C)C)c(OCC4CO4)c(C(C)(C)C)c3)c3ccccc3-c3ccccc32)cc(C(C)(C)C)c1OCC1CO1. The Bertz CT molecular complexity index is 1730. The molecule has 7 rings (SSSR count). The molecule has 0 N–H and O–H groups in total. The molecule has 0 bridgehead atoms. The van der Waals surface area contributed by atoms with Crippen LogP contribution in [0, 0.1) is 0 Å². The Balaban J connectivity index is 1.63. The van der Waals surface area contributed by atoms with E-state index in [0.717, 1.165) is 24.7 Å². The van der Waals surface area contributed by atoms with E-state index in [4.69, 9.17) is 18.9 Å². The average molecular weight is 687 g/mol. The first-order valence-electron chi connectivity index (χ1n) is 18.9. The molecule has 2 aliphatic heterocycles. The number of hydrogen-bond donors (Lipinski definition) is 0. The molecule has 270 valence electrons. The maximum atomic E-state index is 6.78. The van der Waals surface area contributed by atoms with Gasteiger partial charge in [0.25, 0.3) is 0 Å². The quantitative estimate of drug-likeness (QED) is 0.152. The minimum absolute atomic E-state index is 0.170. The van der Waals surface area contributed by atoms with E-state index in [1.807, 2.05) is 0 Å². The van der Waals surface area contributed by atoms with Gasteiger partial charge < -0.3 is 18.9 Å². The molecule has 2 unspecified atom stereocenters. The number of rotatable bonds is 8. The molecule has 2 atom stereocenters. The molecule has 4 aromatic carbocycles. The zero-order valence-corrected chi connectivity index (χ0v) is 33.0. The van der Waals surface area contributed by atoms with Crippen molar-refractivity contribution in [1.29, 1.82) is 0 Å². The van der Waals surface area contributed by atoms with Crippen LogP contribution in [0.2, 0.25) is 0 Å². The minimum Gasteiger partial charge on any atom is -0.490 e. The standard InChI is InChI=1S/C47H58O4/c1-43(2,3)37-21-29(22-38(44(4,5)6)41(37)50-27-31-25-48-31)47(35-19-15-13-17-33(35)34-18-14-16-20-36(34)47)30-23-39(45(7,8)9)42(51-28-32-26-49-32)40(24-30)46(10,11)12/h13-24,31-32H,25-28H2,1-12H3. The van der Waals surface area contributed by atoms with E-state index in [2.05, 4.69) is 156 Å². The zero-order chi connectivity index (χ0) is 36.7. The second-order valence-corrected chi connectivity index (χ2v) is 19.2. The lowest BCUT2D eigenvalue weighted by Crippen LogP contribution is -2.32. The molecule has 0 aromatic heterocycles. The molecule has 3 aliphatic rings. The molecule has 4 heteroatoms. The molecule has 2 fully saturated rings. The van der Waals surface area contributed by atoms with Gasteiger partial charge in [-0.25, -0.2) is 0 Å². The Morgan fingerprint density at radius 3 is 1.08 bits per heavy atom. The van der Waals surface area contributed by atoms with Crippen LogP contribution in [0.3, 0.4) is 0 Å². The van der Waals surface area contributed by atoms with Crippen molar-refractivity contribution in [1.82, 2.24) is 0 Å². The van der Waals surface area contributed by atoms with Crippen molar-refractivity contribution in [3.05, 3.63) is 117 Å². The Hall–Kier alpha value is -3.60. The van der Waals surface area contributed by atoms with Gasteiger partial charge >= 0.3 is 0 Å². The van der Waals surface area contributed by atoms with E-state index >= 15 is 0 Å². The van der Waals surface area contributed by atoms with Crippen LogP contribution in [0.5, 0.6) is 11.5 Å². The summed E-state index contributed by atoms with van der Waals surface area (Å²) in [6, 6.07) is 28.0. The maximum Gasteiger partial charge on any atom is 0.126 e. The van der Waals surface area contributed by atoms with Crippen molar-refractivity contribution < 1.29 is 18.9 Å². The highest BCUT2D eigenvalue weighted by Crippen LogP contribution is 2.59. The highest BCUT2D eigenvalue weighted by atomic mass is 16.6. The molecule has 4 aromatic rings. The number of ether oxygens (including phenoxy) is 4. The highest BCUT2D eigenvalue weighted by Gasteiger charge is 2.48. The molecule has 4 nitrogen and oxygen atoms in total. The molecule has 0 saturated carbocycles. The van der Waals surface area contributed by atoms with Gasteiger partial charge in [0.15, 0.2) is 0 Å². The Morgan fingerprint density at radius 2 is 0.804 bits per heavy atom. The molecule has 0 spiro atoms. The van der Waals surface area contributed by atoms with E-state index in [0.29, 0.717) is 13.2 Å². The predicted molar refractivity (Wildman–Crippen MR) is 209 cm³/mol. The summed E-state index contributed by atoms with van der Waals surface area (Å²) >= 11 is 0. The fourth-order valence-corrected chi connectivity index (χ4v) is 7.93. The van der Waals surface area contributed by atoms with Crippen molar-refractivity contribution in [2.24, 2.45) is 0 Å². The van der Waals surface area contributed by atoms with E-state index in [-0.39, 0.29) is 33.9 Å². The second kappa shape index (κ2) is 12.2. The summed E-state index contributed by atoms with van der Waals surface area (Å²) in [7, 11) is 0. The van der Waals surface area contributed by atoms with E-state index in [1.54, 1.807) is 0 Å². The third kappa shape index (κ3) is 6.52. The van der Waals surface area contributed by atoms with Gasteiger partial charge in [0.2, 0.25) is 0 Å². The van der Waals surface area contributed by atoms with Crippen LogP contribution < -0.4 is 9.47 Å². The van der Waals surface area contributed by atoms with Crippen molar-refractivity contribution in [2.45, 2.75) is 122 Å². The van der Waals surface area contributed by atoms with Gasteiger partial charge in [-0.05, 0) is 79.3 Å². The third-order valence-corrected chi connectivity index (χ3v) is 10.9. The van der Waals surface area contributed by atoms with Crippen LogP contribution >= 0.6 is 0 Å². The summed E-state index contributed by atoms with van der Waals surface area (Å²) in [5, 5.41) is 0. The predicted octanol–water partition coefficient (Wildman–Crippen LogP) is 10.8. The number of epoxide rings is 2. The van der Waals surface area contributed by atoms with Crippen molar-refractivity contribution in [3.8, 4) is 22.6 Å². The summed E-state index contributed by atoms with van der Waals surface area (Å²) in [4.78, 5) is 0. The summed E-state index contributed by atoms with van der Waals surface area (Å²) in [5.74, 6) is 2.00. The largest absolute Gasteiger partial charge is 0.490 e. The first kappa shape index (κ1) is 35.8. The van der Waals surface area contributed by atoms with Crippen LogP contribution in [0.1, 0.15) is 128 Å². The van der Waals surface area contributed by atoms with Crippen LogP contribution in [0.15, 0.2) is 72.8 Å². The summed E-state index contributed by atoms with van der Waals surface area (Å²) < 4.78 is 24.8. The second-order valence-electron chi connectivity index (χ2n) is 19.2. The van der Waals surface area contributed by atoms with Crippen LogP contribution in [0.25, 0.3) is 11.1 Å². The Morgan fingerprint density at radius 1 is 0.510 bits per heavy atom. The first-order chi connectivity index (χ1) is 23.8. The van der Waals surface area contributed by atoms with Crippen LogP contribution in [-0.2, 0) is 36.5 Å². The van der Waals surface area contributed by atoms with Crippen molar-refractivity contribution in [3.63, 3.8) is 0 Å². The van der Waals surface area contributed by atoms with Gasteiger partial charge in [0, 0.05) is 22.3 Å². The molecule has 2 saturated heterocycles. The minimum atomic E-state index is -0.594. The van der Waals surface area contributed by atoms with Gasteiger partial charge in [0.05, 0.1) is 18.6 Å². The first-order valence-corrected chi connectivity index (χ1v) is 18.9. The third-order valence-electron chi connectivity index (χ3n) is 10.9. The van der Waals surface area contributed by atoms with Gasteiger partial charge in [-0.1, -0.05) is 132 Å². The monoisotopic (exact) mass is 686 g/mol. The van der Waals surface area contributed by atoms with Crippen LogP contribution in [0.4, 0.5) is 0 Å². The molecular formula is C47H58O4. The molecule has 1 aliphatic carbocycles. The van der Waals surface area contributed by atoms with Gasteiger partial charge in [-0.2, -0.15) is 0 Å². The molecule has 2 heterocycles. The average Bonchev–Trinajstić information content (AvgIpc) is 3.98. The van der Waals surface area contributed by atoms with Crippen LogP contribution in [-0.4, -0.2) is 38.6 Å². The number of hydrogen-bond acceptors (Lipinski definition) is 4. The molecule has 0 radical (unpaired) electrons. The molecular weight excluding hydrogens is 629 g/mol. The van der Waals surface area contributed by atoms with E-state index in [1.165, 1.54) is 55.6 Å². The molecule has 51 heavy (non-hydrogen) atoms. The summed E-state index contributed by atoms with van der Waals surface area (Å²) in [6.45, 7) is 30.4. The topological polar surface area (TPSA) is 43.5 Å². The lowest BCUT2D eigenvalue weighted by molar-refractivity contribution is 0.253. The number of fused-ring (bicyclic) bond motifs is 3. The lowest BCUT2D eigenvalue weighted by Gasteiger charge is -2.40. The fraction of sp³-hybridized carbons (Fsp3) is 0.489. The van der Waals surface area contributed by atoms with E-state index < -0.39 is 5.41 Å². The molecule has 0 amide bonds. The van der Waals surface area contributed by atoms with Crippen molar-refractivity contribution in [2.75, 3.05) is 26.4 Å². The normalized spacial score (nSPS) is 19.4. The van der Waals surface area contributed by atoms with Gasteiger partial charge in [-0.15, -0.1) is 0 Å². The lowest BCUT2D eigenvalue weighted by atomic mass is 9.63.